The highest BCUT2D eigenvalue weighted by Gasteiger charge is 2.28. The summed E-state index contributed by atoms with van der Waals surface area (Å²) in [5.74, 6) is -0.214. The van der Waals surface area contributed by atoms with Crippen molar-refractivity contribution >= 4 is 5.97 Å². The second-order valence-corrected chi connectivity index (χ2v) is 4.06. The average molecular weight is 211 g/mol. The zero-order chi connectivity index (χ0) is 10.7. The molecule has 2 saturated heterocycles. The van der Waals surface area contributed by atoms with E-state index in [1.807, 2.05) is 6.92 Å². The third kappa shape index (κ3) is 2.79. The Morgan fingerprint density at radius 1 is 1.53 bits per heavy atom. The molecule has 0 amide bonds. The van der Waals surface area contributed by atoms with E-state index in [0.29, 0.717) is 18.7 Å². The molecule has 2 unspecified atom stereocenters. The molecule has 0 saturated carbocycles. The predicted molar refractivity (Wildman–Crippen MR) is 55.5 cm³/mol. The lowest BCUT2D eigenvalue weighted by molar-refractivity contribution is -0.137. The highest BCUT2D eigenvalue weighted by Crippen LogP contribution is 2.23. The first-order chi connectivity index (χ1) is 7.28. The van der Waals surface area contributed by atoms with E-state index in [9.17, 15) is 4.79 Å². The summed E-state index contributed by atoms with van der Waals surface area (Å²) < 4.78 is 10.3. The van der Waals surface area contributed by atoms with Crippen LogP contribution in [-0.2, 0) is 14.3 Å². The van der Waals surface area contributed by atoms with E-state index in [1.54, 1.807) is 6.08 Å². The summed E-state index contributed by atoms with van der Waals surface area (Å²) in [5.41, 5.74) is 1.19. The monoisotopic (exact) mass is 211 g/mol. The lowest BCUT2D eigenvalue weighted by Gasteiger charge is -2.37. The number of ether oxygens (including phenoxy) is 2. The summed E-state index contributed by atoms with van der Waals surface area (Å²) in [4.78, 5) is 11.3. The van der Waals surface area contributed by atoms with Crippen LogP contribution in [0.3, 0.4) is 0 Å². The second-order valence-electron chi connectivity index (χ2n) is 4.06. The van der Waals surface area contributed by atoms with Gasteiger partial charge in [0.1, 0.15) is 0 Å². The highest BCUT2D eigenvalue weighted by molar-refractivity contribution is 5.82. The molecule has 15 heavy (non-hydrogen) atoms. The lowest BCUT2D eigenvalue weighted by Crippen LogP contribution is -2.52. The Morgan fingerprint density at radius 2 is 2.20 bits per heavy atom. The van der Waals surface area contributed by atoms with Gasteiger partial charge in [-0.3, -0.25) is 0 Å². The van der Waals surface area contributed by atoms with Gasteiger partial charge in [0.05, 0.1) is 19.8 Å². The third-order valence-corrected chi connectivity index (χ3v) is 2.74. The van der Waals surface area contributed by atoms with Crippen LogP contribution in [0.2, 0.25) is 0 Å². The van der Waals surface area contributed by atoms with Gasteiger partial charge < -0.3 is 14.8 Å². The van der Waals surface area contributed by atoms with Crippen LogP contribution in [0.25, 0.3) is 0 Å². The maximum absolute atomic E-state index is 11.3. The summed E-state index contributed by atoms with van der Waals surface area (Å²) in [6.07, 6.45) is 3.44. The van der Waals surface area contributed by atoms with E-state index in [2.05, 4.69) is 5.32 Å². The van der Waals surface area contributed by atoms with E-state index >= 15 is 0 Å². The van der Waals surface area contributed by atoms with Crippen LogP contribution < -0.4 is 5.32 Å². The minimum Gasteiger partial charge on any atom is -0.463 e. The van der Waals surface area contributed by atoms with Crippen molar-refractivity contribution in [2.75, 3.05) is 19.8 Å². The molecule has 0 aromatic rings. The smallest absolute Gasteiger partial charge is 0.330 e. The summed E-state index contributed by atoms with van der Waals surface area (Å²) in [6, 6.07) is 0.747. The maximum Gasteiger partial charge on any atom is 0.330 e. The van der Waals surface area contributed by atoms with Crippen molar-refractivity contribution < 1.29 is 14.3 Å². The fourth-order valence-electron chi connectivity index (χ4n) is 2.20. The molecular formula is C11H17NO3. The minimum atomic E-state index is -0.214. The molecule has 2 atom stereocenters. The van der Waals surface area contributed by atoms with E-state index < -0.39 is 0 Å². The number of hydrogen-bond acceptors (Lipinski definition) is 4. The van der Waals surface area contributed by atoms with E-state index in [-0.39, 0.29) is 5.97 Å². The van der Waals surface area contributed by atoms with Crippen molar-refractivity contribution in [1.82, 2.24) is 5.32 Å². The molecule has 2 rings (SSSR count). The van der Waals surface area contributed by atoms with Gasteiger partial charge in [-0.15, -0.1) is 0 Å². The van der Waals surface area contributed by atoms with Crippen LogP contribution in [-0.4, -0.2) is 37.9 Å². The SMILES string of the molecule is CCOC(=O)C=C1CC2COCC(C1)N2. The number of esters is 1. The number of nitrogens with one attached hydrogen (secondary N) is 1. The molecule has 0 aliphatic carbocycles. The minimum absolute atomic E-state index is 0.214. The quantitative estimate of drug-likeness (QED) is 0.537. The van der Waals surface area contributed by atoms with Crippen molar-refractivity contribution in [2.24, 2.45) is 0 Å². The largest absolute Gasteiger partial charge is 0.463 e. The van der Waals surface area contributed by atoms with Gasteiger partial charge >= 0.3 is 5.97 Å². The van der Waals surface area contributed by atoms with Crippen molar-refractivity contribution in [3.63, 3.8) is 0 Å². The van der Waals surface area contributed by atoms with Gasteiger partial charge in [-0.05, 0) is 19.8 Å². The van der Waals surface area contributed by atoms with Crippen LogP contribution in [0.5, 0.6) is 0 Å². The molecule has 84 valence electrons. The molecule has 2 heterocycles. The predicted octanol–water partition coefficient (Wildman–Crippen LogP) is 0.627. The lowest BCUT2D eigenvalue weighted by atomic mass is 9.92. The molecule has 2 aliphatic rings. The Morgan fingerprint density at radius 3 is 2.80 bits per heavy atom. The standard InChI is InChI=1S/C11H17NO3/c1-2-15-11(13)5-8-3-9-6-14-7-10(4-8)12-9/h5,9-10,12H,2-4,6-7H2,1H3. The van der Waals surface area contributed by atoms with Crippen LogP contribution in [0.4, 0.5) is 0 Å². The molecule has 2 aliphatic heterocycles. The highest BCUT2D eigenvalue weighted by atomic mass is 16.5. The molecule has 4 nitrogen and oxygen atoms in total. The van der Waals surface area contributed by atoms with Crippen LogP contribution in [0.1, 0.15) is 19.8 Å². The zero-order valence-corrected chi connectivity index (χ0v) is 8.99. The number of rotatable bonds is 2. The van der Waals surface area contributed by atoms with Crippen LogP contribution in [0.15, 0.2) is 11.6 Å². The van der Waals surface area contributed by atoms with Crippen molar-refractivity contribution in [3.05, 3.63) is 11.6 Å². The molecule has 0 aromatic carbocycles. The molecule has 4 heteroatoms. The maximum atomic E-state index is 11.3. The summed E-state index contributed by atoms with van der Waals surface area (Å²) >= 11 is 0. The van der Waals surface area contributed by atoms with Gasteiger partial charge in [-0.2, -0.15) is 0 Å². The third-order valence-electron chi connectivity index (χ3n) is 2.74. The van der Waals surface area contributed by atoms with Gasteiger partial charge in [0, 0.05) is 18.2 Å². The Balaban J connectivity index is 1.95. The molecule has 2 bridgehead atoms. The number of fused-ring (bicyclic) bond motifs is 2. The summed E-state index contributed by atoms with van der Waals surface area (Å²) in [5, 5.41) is 3.47. The summed E-state index contributed by atoms with van der Waals surface area (Å²) in [7, 11) is 0. The normalized spacial score (nSPS) is 29.8. The fraction of sp³-hybridized carbons (Fsp3) is 0.727. The number of carbonyl (C=O) groups excluding carboxylic acids is 1. The second kappa shape index (κ2) is 4.77. The number of morpholine rings is 1. The van der Waals surface area contributed by atoms with Gasteiger partial charge in [0.2, 0.25) is 0 Å². The molecular weight excluding hydrogens is 194 g/mol. The van der Waals surface area contributed by atoms with Crippen LogP contribution >= 0.6 is 0 Å². The van der Waals surface area contributed by atoms with Gasteiger partial charge in [0.25, 0.3) is 0 Å². The Labute approximate surface area is 89.6 Å². The molecule has 0 spiro atoms. The Hall–Kier alpha value is -0.870. The van der Waals surface area contributed by atoms with Crippen molar-refractivity contribution in [1.29, 1.82) is 0 Å². The fourth-order valence-corrected chi connectivity index (χ4v) is 2.20. The van der Waals surface area contributed by atoms with Gasteiger partial charge in [-0.1, -0.05) is 5.57 Å². The first-order valence-corrected chi connectivity index (χ1v) is 5.48. The Kier molecular flexibility index (Phi) is 3.38. The van der Waals surface area contributed by atoms with Gasteiger partial charge in [0.15, 0.2) is 0 Å². The van der Waals surface area contributed by atoms with E-state index in [4.69, 9.17) is 9.47 Å². The molecule has 2 fully saturated rings. The molecule has 1 N–H and O–H groups in total. The van der Waals surface area contributed by atoms with Crippen molar-refractivity contribution in [3.8, 4) is 0 Å². The van der Waals surface area contributed by atoms with Crippen LogP contribution in [0, 0.1) is 0 Å². The Bertz CT molecular complexity index is 261. The van der Waals surface area contributed by atoms with E-state index in [1.165, 1.54) is 5.57 Å². The first-order valence-electron chi connectivity index (χ1n) is 5.48. The first kappa shape index (κ1) is 10.6. The zero-order valence-electron chi connectivity index (χ0n) is 8.99. The topological polar surface area (TPSA) is 47.6 Å². The molecule has 0 radical (unpaired) electrons. The van der Waals surface area contributed by atoms with Crippen molar-refractivity contribution in [2.45, 2.75) is 31.8 Å². The van der Waals surface area contributed by atoms with Gasteiger partial charge in [-0.25, -0.2) is 4.79 Å². The number of carbonyl (C=O) groups is 1. The van der Waals surface area contributed by atoms with E-state index in [0.717, 1.165) is 26.1 Å². The number of piperidine rings is 1. The average Bonchev–Trinajstić information content (AvgIpc) is 2.17. The number of hydrogen-bond donors (Lipinski definition) is 1. The summed E-state index contributed by atoms with van der Waals surface area (Å²) in [6.45, 7) is 3.76. The molecule has 0 aromatic heterocycles.